The molecule has 3 heteroatoms. The van der Waals surface area contributed by atoms with E-state index in [0.29, 0.717) is 5.75 Å². The Balaban J connectivity index is 2.88. The van der Waals surface area contributed by atoms with E-state index in [-0.39, 0.29) is 0 Å². The van der Waals surface area contributed by atoms with Crippen molar-refractivity contribution in [1.29, 1.82) is 5.26 Å². The molecule has 0 N–H and O–H groups in total. The molecule has 0 saturated carbocycles. The van der Waals surface area contributed by atoms with Crippen molar-refractivity contribution < 1.29 is 4.74 Å². The fourth-order valence-corrected chi connectivity index (χ4v) is 1.19. The van der Waals surface area contributed by atoms with Gasteiger partial charge in [0.25, 0.3) is 0 Å². The Bertz CT molecular complexity index is 341. The minimum absolute atomic E-state index is 0.689. The van der Waals surface area contributed by atoms with Crippen molar-refractivity contribution in [2.75, 3.05) is 0 Å². The van der Waals surface area contributed by atoms with Gasteiger partial charge in [0.05, 0.1) is 4.47 Å². The molecule has 0 atom stereocenters. The highest BCUT2D eigenvalue weighted by Crippen LogP contribution is 2.27. The number of hydrogen-bond donors (Lipinski definition) is 0. The molecule has 0 amide bonds. The van der Waals surface area contributed by atoms with Crippen molar-refractivity contribution in [3.05, 3.63) is 28.7 Å². The largest absolute Gasteiger partial charge is 0.472 e. The summed E-state index contributed by atoms with van der Waals surface area (Å²) < 4.78 is 6.33. The number of para-hydroxylation sites is 1. The Morgan fingerprint density at radius 3 is 2.54 bits per heavy atom. The van der Waals surface area contributed by atoms with Gasteiger partial charge in [0, 0.05) is 0 Å². The molecular formula is C10H10BrNO. The topological polar surface area (TPSA) is 33.0 Å². The molecule has 0 aliphatic heterocycles. The van der Waals surface area contributed by atoms with Crippen molar-refractivity contribution >= 4 is 15.9 Å². The molecule has 0 aliphatic rings. The normalized spacial score (nSPS) is 10.6. The summed E-state index contributed by atoms with van der Waals surface area (Å²) in [5, 5.41) is 8.76. The lowest BCUT2D eigenvalue weighted by Gasteiger charge is -2.18. The van der Waals surface area contributed by atoms with Crippen molar-refractivity contribution in [3.8, 4) is 11.8 Å². The molecule has 68 valence electrons. The summed E-state index contributed by atoms with van der Waals surface area (Å²) in [5.41, 5.74) is -0.788. The summed E-state index contributed by atoms with van der Waals surface area (Å²) in [5.74, 6) is 0.689. The van der Waals surface area contributed by atoms with Gasteiger partial charge in [0.15, 0.2) is 5.60 Å². The molecule has 0 heterocycles. The average molecular weight is 240 g/mol. The van der Waals surface area contributed by atoms with Crippen LogP contribution in [0, 0.1) is 11.3 Å². The van der Waals surface area contributed by atoms with Crippen LogP contribution in [0.2, 0.25) is 0 Å². The molecule has 0 unspecified atom stereocenters. The van der Waals surface area contributed by atoms with Crippen molar-refractivity contribution in [1.82, 2.24) is 0 Å². The van der Waals surface area contributed by atoms with Gasteiger partial charge < -0.3 is 4.74 Å². The third-order valence-corrected chi connectivity index (χ3v) is 2.13. The maximum Gasteiger partial charge on any atom is 0.188 e. The third-order valence-electron chi connectivity index (χ3n) is 1.47. The molecule has 0 bridgehead atoms. The fourth-order valence-electron chi connectivity index (χ4n) is 0.825. The zero-order valence-corrected chi connectivity index (χ0v) is 9.13. The first-order chi connectivity index (χ1) is 6.05. The number of rotatable bonds is 2. The van der Waals surface area contributed by atoms with E-state index < -0.39 is 5.60 Å². The molecule has 0 spiro atoms. The van der Waals surface area contributed by atoms with Crippen LogP contribution in [0.4, 0.5) is 0 Å². The van der Waals surface area contributed by atoms with E-state index in [1.807, 2.05) is 24.3 Å². The second-order valence-electron chi connectivity index (χ2n) is 3.15. The van der Waals surface area contributed by atoms with E-state index >= 15 is 0 Å². The molecule has 0 fully saturated rings. The van der Waals surface area contributed by atoms with Crippen LogP contribution in [0.3, 0.4) is 0 Å². The van der Waals surface area contributed by atoms with Crippen LogP contribution < -0.4 is 4.74 Å². The first-order valence-electron chi connectivity index (χ1n) is 3.90. The van der Waals surface area contributed by atoms with Crippen LogP contribution in [0.15, 0.2) is 28.7 Å². The van der Waals surface area contributed by atoms with Crippen LogP contribution in [0.5, 0.6) is 5.75 Å². The zero-order chi connectivity index (χ0) is 9.90. The van der Waals surface area contributed by atoms with E-state index in [1.165, 1.54) is 0 Å². The van der Waals surface area contributed by atoms with Crippen LogP contribution in [0.25, 0.3) is 0 Å². The molecular weight excluding hydrogens is 230 g/mol. The fraction of sp³-hybridized carbons (Fsp3) is 0.300. The van der Waals surface area contributed by atoms with Crippen LogP contribution >= 0.6 is 15.9 Å². The van der Waals surface area contributed by atoms with Gasteiger partial charge in [0.1, 0.15) is 11.8 Å². The Morgan fingerprint density at radius 2 is 2.00 bits per heavy atom. The van der Waals surface area contributed by atoms with Gasteiger partial charge in [-0.15, -0.1) is 0 Å². The first kappa shape index (κ1) is 10.1. The summed E-state index contributed by atoms with van der Waals surface area (Å²) in [7, 11) is 0. The lowest BCUT2D eigenvalue weighted by molar-refractivity contribution is 0.168. The summed E-state index contributed by atoms with van der Waals surface area (Å²) in [6.45, 7) is 3.46. The van der Waals surface area contributed by atoms with E-state index in [2.05, 4.69) is 22.0 Å². The number of ether oxygens (including phenoxy) is 1. The van der Waals surface area contributed by atoms with Gasteiger partial charge in [-0.05, 0) is 41.9 Å². The van der Waals surface area contributed by atoms with Gasteiger partial charge in [-0.3, -0.25) is 0 Å². The molecule has 0 aromatic heterocycles. The monoisotopic (exact) mass is 239 g/mol. The van der Waals surface area contributed by atoms with Gasteiger partial charge in [0.2, 0.25) is 0 Å². The van der Waals surface area contributed by atoms with Crippen LogP contribution in [-0.2, 0) is 0 Å². The van der Waals surface area contributed by atoms with Gasteiger partial charge in [-0.25, -0.2) is 0 Å². The Labute approximate surface area is 86.3 Å². The predicted molar refractivity (Wildman–Crippen MR) is 54.5 cm³/mol. The van der Waals surface area contributed by atoms with E-state index in [0.717, 1.165) is 4.47 Å². The summed E-state index contributed by atoms with van der Waals surface area (Å²) in [6, 6.07) is 9.54. The highest BCUT2D eigenvalue weighted by Gasteiger charge is 2.19. The first-order valence-corrected chi connectivity index (χ1v) is 4.69. The molecule has 0 saturated heterocycles. The van der Waals surface area contributed by atoms with E-state index in [9.17, 15) is 0 Å². The smallest absolute Gasteiger partial charge is 0.188 e. The van der Waals surface area contributed by atoms with Gasteiger partial charge in [-0.1, -0.05) is 12.1 Å². The van der Waals surface area contributed by atoms with Crippen molar-refractivity contribution in [3.63, 3.8) is 0 Å². The average Bonchev–Trinajstić information content (AvgIpc) is 2.09. The van der Waals surface area contributed by atoms with Crippen molar-refractivity contribution in [2.24, 2.45) is 0 Å². The molecule has 1 aromatic rings. The van der Waals surface area contributed by atoms with E-state index in [1.54, 1.807) is 13.8 Å². The zero-order valence-electron chi connectivity index (χ0n) is 7.54. The summed E-state index contributed by atoms with van der Waals surface area (Å²) >= 11 is 3.34. The van der Waals surface area contributed by atoms with Gasteiger partial charge in [-0.2, -0.15) is 5.26 Å². The van der Waals surface area contributed by atoms with Gasteiger partial charge >= 0.3 is 0 Å². The van der Waals surface area contributed by atoms with E-state index in [4.69, 9.17) is 10.00 Å². The predicted octanol–water partition coefficient (Wildman–Crippen LogP) is 3.13. The molecule has 1 rings (SSSR count). The summed E-state index contributed by atoms with van der Waals surface area (Å²) in [6.07, 6.45) is 0. The van der Waals surface area contributed by atoms with Crippen molar-refractivity contribution in [2.45, 2.75) is 19.4 Å². The minimum atomic E-state index is -0.788. The maximum atomic E-state index is 8.76. The molecule has 0 aliphatic carbocycles. The Morgan fingerprint density at radius 1 is 1.38 bits per heavy atom. The lowest BCUT2D eigenvalue weighted by atomic mass is 10.2. The number of nitrogens with zero attached hydrogens (tertiary/aromatic N) is 1. The molecule has 2 nitrogen and oxygen atoms in total. The van der Waals surface area contributed by atoms with Crippen LogP contribution in [-0.4, -0.2) is 5.60 Å². The van der Waals surface area contributed by atoms with Crippen LogP contribution in [0.1, 0.15) is 13.8 Å². The Kier molecular flexibility index (Phi) is 2.94. The lowest BCUT2D eigenvalue weighted by Crippen LogP contribution is -2.25. The Hall–Kier alpha value is -1.01. The number of halogens is 1. The third kappa shape index (κ3) is 2.74. The summed E-state index contributed by atoms with van der Waals surface area (Å²) in [4.78, 5) is 0. The molecule has 13 heavy (non-hydrogen) atoms. The SMILES string of the molecule is CC(C)(C#N)Oc1ccccc1Br. The number of hydrogen-bond acceptors (Lipinski definition) is 2. The highest BCUT2D eigenvalue weighted by atomic mass is 79.9. The standard InChI is InChI=1S/C10H10BrNO/c1-10(2,7-12)13-9-6-4-3-5-8(9)11/h3-6H,1-2H3. The number of benzene rings is 1. The minimum Gasteiger partial charge on any atom is -0.472 e. The highest BCUT2D eigenvalue weighted by molar-refractivity contribution is 9.10. The second kappa shape index (κ2) is 3.80. The second-order valence-corrected chi connectivity index (χ2v) is 4.01. The number of nitriles is 1. The quantitative estimate of drug-likeness (QED) is 0.795. The maximum absolute atomic E-state index is 8.76. The molecule has 0 radical (unpaired) electrons. The molecule has 1 aromatic carbocycles.